The van der Waals surface area contributed by atoms with Gasteiger partial charge < -0.3 is 4.74 Å². The number of esters is 1. The molecule has 0 spiro atoms. The van der Waals surface area contributed by atoms with Crippen molar-refractivity contribution in [3.63, 3.8) is 0 Å². The van der Waals surface area contributed by atoms with Crippen LogP contribution in [0.4, 0.5) is 8.78 Å². The minimum atomic E-state index is -2.38. The molecule has 0 fully saturated rings. The lowest BCUT2D eigenvalue weighted by Crippen LogP contribution is -2.25. The second-order valence-electron chi connectivity index (χ2n) is 3.74. The number of benzene rings is 1. The summed E-state index contributed by atoms with van der Waals surface area (Å²) in [5.41, 5.74) is 1.10. The van der Waals surface area contributed by atoms with Crippen LogP contribution in [0.25, 0.3) is 0 Å². The quantitative estimate of drug-likeness (QED) is 0.742. The third-order valence-corrected chi connectivity index (χ3v) is 2.31. The SMILES string of the molecule is COC(=O)c1ccccc1CN(C)CC(F)F. The highest BCUT2D eigenvalue weighted by Gasteiger charge is 2.14. The Kier molecular flexibility index (Phi) is 5.03. The van der Waals surface area contributed by atoms with E-state index in [9.17, 15) is 13.6 Å². The molecule has 0 amide bonds. The summed E-state index contributed by atoms with van der Waals surface area (Å²) in [4.78, 5) is 12.9. The predicted molar refractivity (Wildman–Crippen MR) is 60.1 cm³/mol. The molecule has 0 saturated carbocycles. The maximum absolute atomic E-state index is 12.2. The van der Waals surface area contributed by atoms with E-state index in [0.29, 0.717) is 11.1 Å². The number of carbonyl (C=O) groups excluding carboxylic acids is 1. The predicted octanol–water partition coefficient (Wildman–Crippen LogP) is 2.17. The van der Waals surface area contributed by atoms with Gasteiger partial charge in [0.25, 0.3) is 6.43 Å². The van der Waals surface area contributed by atoms with Crippen molar-refractivity contribution in [2.24, 2.45) is 0 Å². The van der Waals surface area contributed by atoms with Gasteiger partial charge in [0.05, 0.1) is 19.2 Å². The van der Waals surface area contributed by atoms with Crippen molar-refractivity contribution in [1.29, 1.82) is 0 Å². The number of ether oxygens (including phenoxy) is 1. The van der Waals surface area contributed by atoms with Crippen LogP contribution in [0.1, 0.15) is 15.9 Å². The fourth-order valence-electron chi connectivity index (χ4n) is 1.56. The van der Waals surface area contributed by atoms with Gasteiger partial charge in [0.1, 0.15) is 0 Å². The van der Waals surface area contributed by atoms with Gasteiger partial charge in [0.2, 0.25) is 0 Å². The Labute approximate surface area is 99.0 Å². The van der Waals surface area contributed by atoms with Crippen LogP contribution in [0.5, 0.6) is 0 Å². The second kappa shape index (κ2) is 6.30. The normalized spacial score (nSPS) is 10.9. The molecule has 17 heavy (non-hydrogen) atoms. The number of rotatable bonds is 5. The fourth-order valence-corrected chi connectivity index (χ4v) is 1.56. The van der Waals surface area contributed by atoms with E-state index in [0.717, 1.165) is 0 Å². The number of carbonyl (C=O) groups is 1. The van der Waals surface area contributed by atoms with E-state index in [2.05, 4.69) is 4.74 Å². The zero-order valence-electron chi connectivity index (χ0n) is 9.82. The fraction of sp³-hybridized carbons (Fsp3) is 0.417. The van der Waals surface area contributed by atoms with Gasteiger partial charge in [-0.2, -0.15) is 0 Å². The molecule has 3 nitrogen and oxygen atoms in total. The molecule has 0 bridgehead atoms. The van der Waals surface area contributed by atoms with Gasteiger partial charge in [-0.15, -0.1) is 0 Å². The summed E-state index contributed by atoms with van der Waals surface area (Å²) in [5, 5.41) is 0. The van der Waals surface area contributed by atoms with Gasteiger partial charge >= 0.3 is 5.97 Å². The third kappa shape index (κ3) is 4.11. The van der Waals surface area contributed by atoms with E-state index in [1.54, 1.807) is 31.3 Å². The van der Waals surface area contributed by atoms with Gasteiger partial charge in [0, 0.05) is 6.54 Å². The maximum atomic E-state index is 12.2. The van der Waals surface area contributed by atoms with Crippen LogP contribution >= 0.6 is 0 Å². The molecule has 0 saturated heterocycles. The van der Waals surface area contributed by atoms with Crippen molar-refractivity contribution >= 4 is 5.97 Å². The summed E-state index contributed by atoms with van der Waals surface area (Å²) in [7, 11) is 2.88. The molecule has 94 valence electrons. The Morgan fingerprint density at radius 1 is 1.41 bits per heavy atom. The van der Waals surface area contributed by atoms with Crippen molar-refractivity contribution in [2.45, 2.75) is 13.0 Å². The number of halogens is 2. The van der Waals surface area contributed by atoms with Crippen molar-refractivity contribution in [2.75, 3.05) is 20.7 Å². The molecule has 0 N–H and O–H groups in total. The average molecular weight is 243 g/mol. The summed E-state index contributed by atoms with van der Waals surface area (Å²) in [6, 6.07) is 6.83. The minimum absolute atomic E-state index is 0.287. The number of methoxy groups -OCH3 is 1. The van der Waals surface area contributed by atoms with Gasteiger partial charge in [-0.3, -0.25) is 4.90 Å². The molecule has 0 aliphatic rings. The van der Waals surface area contributed by atoms with Gasteiger partial charge in [-0.1, -0.05) is 18.2 Å². The molecule has 1 aromatic rings. The van der Waals surface area contributed by atoms with Gasteiger partial charge in [-0.25, -0.2) is 13.6 Å². The first kappa shape index (κ1) is 13.6. The van der Waals surface area contributed by atoms with Crippen LogP contribution < -0.4 is 0 Å². The molecule has 1 aromatic carbocycles. The third-order valence-electron chi connectivity index (χ3n) is 2.31. The highest BCUT2D eigenvalue weighted by atomic mass is 19.3. The first-order valence-electron chi connectivity index (χ1n) is 5.17. The molecule has 0 atom stereocenters. The second-order valence-corrected chi connectivity index (χ2v) is 3.74. The smallest absolute Gasteiger partial charge is 0.338 e. The van der Waals surface area contributed by atoms with E-state index in [1.807, 2.05) is 0 Å². The molecule has 0 radical (unpaired) electrons. The van der Waals surface area contributed by atoms with Gasteiger partial charge in [-0.05, 0) is 18.7 Å². The van der Waals surface area contributed by atoms with E-state index in [1.165, 1.54) is 12.0 Å². The zero-order valence-corrected chi connectivity index (χ0v) is 9.82. The summed E-state index contributed by atoms with van der Waals surface area (Å²) < 4.78 is 29.0. The standard InChI is InChI=1S/C12H15F2NO2/c1-15(8-11(13)14)7-9-5-3-4-6-10(9)12(16)17-2/h3-6,11H,7-8H2,1-2H3. The molecule has 1 rings (SSSR count). The summed E-state index contributed by atoms with van der Waals surface area (Å²) in [5.74, 6) is -0.453. The Hall–Kier alpha value is -1.49. The highest BCUT2D eigenvalue weighted by molar-refractivity contribution is 5.90. The van der Waals surface area contributed by atoms with Crippen LogP contribution in [0.2, 0.25) is 0 Å². The Balaban J connectivity index is 2.80. The monoisotopic (exact) mass is 243 g/mol. The molecular weight excluding hydrogens is 228 g/mol. The lowest BCUT2D eigenvalue weighted by molar-refractivity contribution is 0.0597. The van der Waals surface area contributed by atoms with E-state index >= 15 is 0 Å². The van der Waals surface area contributed by atoms with Crippen molar-refractivity contribution in [3.05, 3.63) is 35.4 Å². The largest absolute Gasteiger partial charge is 0.465 e. The lowest BCUT2D eigenvalue weighted by atomic mass is 10.1. The van der Waals surface area contributed by atoms with Gasteiger partial charge in [0.15, 0.2) is 0 Å². The summed E-state index contributed by atoms with van der Waals surface area (Å²) in [6.07, 6.45) is -2.38. The van der Waals surface area contributed by atoms with Crippen molar-refractivity contribution in [1.82, 2.24) is 4.90 Å². The Morgan fingerprint density at radius 3 is 2.65 bits per heavy atom. The number of hydrogen-bond acceptors (Lipinski definition) is 3. The van der Waals surface area contributed by atoms with E-state index in [-0.39, 0.29) is 13.1 Å². The molecule has 0 aliphatic heterocycles. The highest BCUT2D eigenvalue weighted by Crippen LogP contribution is 2.12. The number of alkyl halides is 2. The zero-order chi connectivity index (χ0) is 12.8. The molecule has 0 aromatic heterocycles. The molecule has 5 heteroatoms. The lowest BCUT2D eigenvalue weighted by Gasteiger charge is -2.17. The topological polar surface area (TPSA) is 29.5 Å². The number of nitrogens with zero attached hydrogens (tertiary/aromatic N) is 1. The average Bonchev–Trinajstić information content (AvgIpc) is 2.27. The van der Waals surface area contributed by atoms with Crippen molar-refractivity contribution in [3.8, 4) is 0 Å². The molecule has 0 unspecified atom stereocenters. The Bertz CT molecular complexity index is 383. The van der Waals surface area contributed by atoms with E-state index in [4.69, 9.17) is 0 Å². The van der Waals surface area contributed by atoms with E-state index < -0.39 is 12.4 Å². The molecule has 0 heterocycles. The van der Waals surface area contributed by atoms with Crippen LogP contribution in [0.15, 0.2) is 24.3 Å². The number of hydrogen-bond donors (Lipinski definition) is 0. The molecular formula is C12H15F2NO2. The summed E-state index contributed by atoms with van der Waals surface area (Å²) >= 11 is 0. The van der Waals surface area contributed by atoms with Crippen LogP contribution in [-0.4, -0.2) is 38.0 Å². The summed E-state index contributed by atoms with van der Waals surface area (Å²) in [6.45, 7) is -0.0366. The molecule has 0 aliphatic carbocycles. The Morgan fingerprint density at radius 2 is 2.06 bits per heavy atom. The van der Waals surface area contributed by atoms with Crippen molar-refractivity contribution < 1.29 is 18.3 Å². The minimum Gasteiger partial charge on any atom is -0.465 e. The van der Waals surface area contributed by atoms with Crippen LogP contribution in [0, 0.1) is 0 Å². The first-order valence-corrected chi connectivity index (χ1v) is 5.17. The maximum Gasteiger partial charge on any atom is 0.338 e. The first-order chi connectivity index (χ1) is 8.04. The van der Waals surface area contributed by atoms with Crippen LogP contribution in [-0.2, 0) is 11.3 Å². The van der Waals surface area contributed by atoms with Crippen LogP contribution in [0.3, 0.4) is 0 Å².